The monoisotopic (exact) mass is 683 g/mol. The van der Waals surface area contributed by atoms with Gasteiger partial charge in [0.2, 0.25) is 12.1 Å². The lowest BCUT2D eigenvalue weighted by Crippen LogP contribution is -2.22. The molecule has 17 heteroatoms. The number of benzene rings is 2. The van der Waals surface area contributed by atoms with Crippen LogP contribution in [-0.2, 0) is 32.9 Å². The number of carbonyl (C=O) groups is 2. The van der Waals surface area contributed by atoms with Gasteiger partial charge in [0.25, 0.3) is 5.09 Å². The molecule has 0 fully saturated rings. The normalized spacial score (nSPS) is 12.0. The topological polar surface area (TPSA) is 207 Å². The van der Waals surface area contributed by atoms with Crippen LogP contribution in [0, 0.1) is 10.1 Å². The Balaban J connectivity index is 1.44. The lowest BCUT2D eigenvalue weighted by atomic mass is 9.98. The highest BCUT2D eigenvalue weighted by molar-refractivity contribution is 7.99. The lowest BCUT2D eigenvalue weighted by molar-refractivity contribution is -0.756. The van der Waals surface area contributed by atoms with Crippen molar-refractivity contribution in [2.45, 2.75) is 58.9 Å². The fourth-order valence-corrected chi connectivity index (χ4v) is 5.39. The number of aromatic nitrogens is 6. The summed E-state index contributed by atoms with van der Waals surface area (Å²) in [6.45, 7) is 6.84. The highest BCUT2D eigenvalue weighted by Crippen LogP contribution is 2.31. The lowest BCUT2D eigenvalue weighted by Gasteiger charge is -2.16. The van der Waals surface area contributed by atoms with E-state index in [1.807, 2.05) is 55.5 Å². The van der Waals surface area contributed by atoms with Gasteiger partial charge >= 0.3 is 12.1 Å². The Kier molecular flexibility index (Phi) is 12.1. The van der Waals surface area contributed by atoms with Crippen LogP contribution in [0.1, 0.15) is 67.9 Å². The highest BCUT2D eigenvalue weighted by Gasteiger charge is 2.31. The zero-order chi connectivity index (χ0) is 34.8. The van der Waals surface area contributed by atoms with Gasteiger partial charge in [-0.15, -0.1) is 25.1 Å². The minimum absolute atomic E-state index is 0.0297. The number of carboxylic acid groups (broad SMARTS) is 1. The minimum Gasteiger partial charge on any atom is -0.477 e. The van der Waals surface area contributed by atoms with E-state index in [9.17, 15) is 29.9 Å². The van der Waals surface area contributed by atoms with Crippen molar-refractivity contribution in [3.05, 3.63) is 81.4 Å². The number of hydrogen-bond acceptors (Lipinski definition) is 13. The van der Waals surface area contributed by atoms with Gasteiger partial charge in [-0.3, -0.25) is 0 Å². The van der Waals surface area contributed by atoms with E-state index in [4.69, 9.17) is 9.47 Å². The summed E-state index contributed by atoms with van der Waals surface area (Å²) in [5.74, 6) is 0.526. The van der Waals surface area contributed by atoms with Crippen LogP contribution in [0.4, 0.5) is 4.79 Å². The molecule has 0 amide bonds. The second-order valence-corrected chi connectivity index (χ2v) is 12.3. The van der Waals surface area contributed by atoms with E-state index < -0.39 is 29.0 Å². The number of tetrazole rings is 1. The third-order valence-corrected chi connectivity index (χ3v) is 7.88. The predicted molar refractivity (Wildman–Crippen MR) is 174 cm³/mol. The van der Waals surface area contributed by atoms with Gasteiger partial charge in [-0.05, 0) is 49.1 Å². The zero-order valence-corrected chi connectivity index (χ0v) is 27.8. The molecule has 16 nitrogen and oxygen atoms in total. The molecule has 0 aliphatic heterocycles. The number of carbonyl (C=O) groups excluding carboxylic acids is 1. The molecule has 2 heterocycles. The Morgan fingerprint density at radius 2 is 1.77 bits per heavy atom. The van der Waals surface area contributed by atoms with Crippen molar-refractivity contribution >= 4 is 23.9 Å². The summed E-state index contributed by atoms with van der Waals surface area (Å²) in [4.78, 5) is 44.4. The second kappa shape index (κ2) is 16.2. The van der Waals surface area contributed by atoms with Crippen LogP contribution >= 0.6 is 11.8 Å². The number of hydrogen-bond donors (Lipinski definition) is 2. The van der Waals surface area contributed by atoms with Gasteiger partial charge in [0, 0.05) is 30.0 Å². The SMILES string of the molecule is CCCc1nc(C(C)(C)O)c(C(=O)O)n1Cc1ccc(-c2ccccc2-c2nnn(C(C)OC(=O)OCCSCCO[N+](=O)[O-])n2)cc1. The van der Waals surface area contributed by atoms with Crippen LogP contribution < -0.4 is 0 Å². The first kappa shape index (κ1) is 35.8. The smallest absolute Gasteiger partial charge is 0.477 e. The van der Waals surface area contributed by atoms with Crippen LogP contribution in [0.25, 0.3) is 22.5 Å². The molecule has 0 saturated carbocycles. The molecular weight excluding hydrogens is 646 g/mol. The second-order valence-electron chi connectivity index (χ2n) is 11.1. The van der Waals surface area contributed by atoms with Crippen molar-refractivity contribution in [1.29, 1.82) is 0 Å². The maximum absolute atomic E-state index is 12.3. The molecule has 4 rings (SSSR count). The molecule has 1 atom stereocenters. The first-order valence-electron chi connectivity index (χ1n) is 15.1. The number of thioether (sulfide) groups is 1. The van der Waals surface area contributed by atoms with Crippen molar-refractivity contribution in [2.24, 2.45) is 0 Å². The summed E-state index contributed by atoms with van der Waals surface area (Å²) in [5, 5.41) is 42.5. The molecular formula is C31H37N7O9S. The third kappa shape index (κ3) is 9.28. The van der Waals surface area contributed by atoms with Gasteiger partial charge in [-0.1, -0.05) is 55.5 Å². The van der Waals surface area contributed by atoms with Crippen molar-refractivity contribution in [3.63, 3.8) is 0 Å². The average molecular weight is 684 g/mol. The molecule has 2 N–H and O–H groups in total. The number of aryl methyl sites for hydroxylation is 1. The molecule has 48 heavy (non-hydrogen) atoms. The number of aromatic carboxylic acids is 1. The van der Waals surface area contributed by atoms with Crippen molar-refractivity contribution in [3.8, 4) is 22.5 Å². The van der Waals surface area contributed by atoms with Gasteiger partial charge in [-0.25, -0.2) is 14.6 Å². The fourth-order valence-electron chi connectivity index (χ4n) is 4.79. The fraction of sp³-hybridized carbons (Fsp3) is 0.419. The van der Waals surface area contributed by atoms with Gasteiger partial charge in [0.15, 0.2) is 5.69 Å². The van der Waals surface area contributed by atoms with Gasteiger partial charge < -0.3 is 29.1 Å². The average Bonchev–Trinajstić information content (AvgIpc) is 3.67. The third-order valence-electron chi connectivity index (χ3n) is 6.97. The zero-order valence-electron chi connectivity index (χ0n) is 26.9. The summed E-state index contributed by atoms with van der Waals surface area (Å²) in [6, 6.07) is 15.1. The van der Waals surface area contributed by atoms with Crippen LogP contribution in [0.3, 0.4) is 0 Å². The van der Waals surface area contributed by atoms with E-state index in [0.29, 0.717) is 35.1 Å². The van der Waals surface area contributed by atoms with Crippen LogP contribution in [0.5, 0.6) is 0 Å². The van der Waals surface area contributed by atoms with Crippen molar-refractivity contribution < 1.29 is 39.2 Å². The molecule has 0 saturated heterocycles. The molecule has 2 aromatic heterocycles. The Morgan fingerprint density at radius 1 is 1.08 bits per heavy atom. The van der Waals surface area contributed by atoms with Crippen molar-refractivity contribution in [1.82, 2.24) is 29.8 Å². The van der Waals surface area contributed by atoms with Crippen LogP contribution in [0.2, 0.25) is 0 Å². The van der Waals surface area contributed by atoms with E-state index in [2.05, 4.69) is 25.2 Å². The molecule has 0 aliphatic carbocycles. The van der Waals surface area contributed by atoms with Crippen LogP contribution in [0.15, 0.2) is 48.5 Å². The first-order chi connectivity index (χ1) is 22.9. The number of aliphatic hydroxyl groups is 1. The Morgan fingerprint density at radius 3 is 2.42 bits per heavy atom. The number of ether oxygens (including phenoxy) is 2. The largest absolute Gasteiger partial charge is 0.510 e. The van der Waals surface area contributed by atoms with Crippen LogP contribution in [-0.4, -0.2) is 81.9 Å². The summed E-state index contributed by atoms with van der Waals surface area (Å²) >= 11 is 1.32. The Bertz CT molecular complexity index is 1720. The summed E-state index contributed by atoms with van der Waals surface area (Å²) in [7, 11) is 0. The maximum atomic E-state index is 12.3. The van der Waals surface area contributed by atoms with E-state index >= 15 is 0 Å². The molecule has 4 aromatic rings. The number of nitrogens with zero attached hydrogens (tertiary/aromatic N) is 7. The Labute approximate surface area is 280 Å². The van der Waals surface area contributed by atoms with E-state index in [1.165, 1.54) is 25.6 Å². The molecule has 0 spiro atoms. The summed E-state index contributed by atoms with van der Waals surface area (Å²) < 4.78 is 11.9. The Hall–Kier alpha value is -5.03. The predicted octanol–water partition coefficient (Wildman–Crippen LogP) is 4.74. The number of carboxylic acids is 1. The van der Waals surface area contributed by atoms with Crippen molar-refractivity contribution in [2.75, 3.05) is 24.7 Å². The molecule has 0 bridgehead atoms. The van der Waals surface area contributed by atoms with Gasteiger partial charge in [0.05, 0.1) is 0 Å². The standard InChI is InChI=1S/C31H37N7O9S/c1-5-8-25-32-27(31(3,4)42)26(29(39)40)36(25)19-21-11-13-22(14-12-21)23-9-6-7-10-24(23)28-33-35-37(34-28)20(2)47-30(41)45-15-17-48-18-16-46-38(43)44/h6-7,9-14,20,42H,5,8,15-19H2,1-4H3,(H,39,40). The van der Waals surface area contributed by atoms with E-state index in [-0.39, 0.29) is 31.1 Å². The van der Waals surface area contributed by atoms with Gasteiger partial charge in [0.1, 0.15) is 30.3 Å². The molecule has 0 radical (unpaired) electrons. The molecule has 0 aliphatic rings. The minimum atomic E-state index is -1.42. The molecule has 1 unspecified atom stereocenters. The highest BCUT2D eigenvalue weighted by atomic mass is 32.2. The van der Waals surface area contributed by atoms with Gasteiger partial charge in [-0.2, -0.15) is 11.8 Å². The first-order valence-corrected chi connectivity index (χ1v) is 16.3. The van der Waals surface area contributed by atoms with E-state index in [0.717, 1.165) is 27.9 Å². The summed E-state index contributed by atoms with van der Waals surface area (Å²) in [6.07, 6.45) is -0.518. The van der Waals surface area contributed by atoms with E-state index in [1.54, 1.807) is 11.5 Å². The number of rotatable bonds is 17. The number of imidazole rings is 1. The molecule has 2 aromatic carbocycles. The molecule has 256 valence electrons. The maximum Gasteiger partial charge on any atom is 0.510 e. The quantitative estimate of drug-likeness (QED) is 0.0667. The summed E-state index contributed by atoms with van der Waals surface area (Å²) in [5.41, 5.74) is 1.90.